The van der Waals surface area contributed by atoms with Crippen molar-refractivity contribution in [2.24, 2.45) is 0 Å². The van der Waals surface area contributed by atoms with E-state index in [0.29, 0.717) is 38.9 Å². The number of fused-ring (bicyclic) bond motifs is 2. The van der Waals surface area contributed by atoms with Crippen molar-refractivity contribution in [1.82, 2.24) is 4.31 Å². The Bertz CT molecular complexity index is 1330. The molecule has 3 heterocycles. The number of aryl methyl sites for hydroxylation is 1. The number of nitrogens with zero attached hydrogens (tertiary/aromatic N) is 2. The number of benzene rings is 2. The van der Waals surface area contributed by atoms with Crippen molar-refractivity contribution in [3.63, 3.8) is 0 Å². The number of amides is 1. The molecule has 0 saturated carbocycles. The average molecular weight is 495 g/mol. The predicted octanol–water partition coefficient (Wildman–Crippen LogP) is 5.31. The largest absolute Gasteiger partial charge is 0.444 e. The molecule has 1 saturated heterocycles. The molecule has 0 aliphatic carbocycles. The molecule has 6 nitrogen and oxygen atoms in total. The van der Waals surface area contributed by atoms with Crippen LogP contribution >= 0.6 is 22.9 Å². The van der Waals surface area contributed by atoms with E-state index in [9.17, 15) is 17.6 Å². The number of carbonyl (C=O) groups is 1. The van der Waals surface area contributed by atoms with Crippen LogP contribution in [0, 0.1) is 12.7 Å². The van der Waals surface area contributed by atoms with Gasteiger partial charge in [-0.15, -0.1) is 11.3 Å². The number of rotatable bonds is 3. The minimum Gasteiger partial charge on any atom is -0.444 e. The average Bonchev–Trinajstić information content (AvgIpc) is 3.10. The first-order chi connectivity index (χ1) is 15.3. The van der Waals surface area contributed by atoms with E-state index in [1.165, 1.54) is 32.7 Å². The van der Waals surface area contributed by atoms with Gasteiger partial charge in [-0.3, -0.25) is 4.90 Å². The van der Waals surface area contributed by atoms with E-state index in [4.69, 9.17) is 16.3 Å². The zero-order chi connectivity index (χ0) is 22.6. The van der Waals surface area contributed by atoms with Gasteiger partial charge in [0, 0.05) is 34.4 Å². The third kappa shape index (κ3) is 3.57. The molecule has 10 heteroatoms. The number of carbonyl (C=O) groups excluding carboxylic acids is 1. The maximum absolute atomic E-state index is 13.6. The lowest BCUT2D eigenvalue weighted by Crippen LogP contribution is -2.50. The lowest BCUT2D eigenvalue weighted by Gasteiger charge is -2.39. The van der Waals surface area contributed by atoms with Gasteiger partial charge in [0.2, 0.25) is 0 Å². The zero-order valence-corrected chi connectivity index (χ0v) is 19.6. The normalized spacial score (nSPS) is 18.1. The van der Waals surface area contributed by atoms with Crippen LogP contribution < -0.4 is 4.90 Å². The molecular formula is C22H20ClFN2O4S2. The fraction of sp³-hybridized carbons (Fsp3) is 0.318. The van der Waals surface area contributed by atoms with Gasteiger partial charge in [-0.2, -0.15) is 4.31 Å². The lowest BCUT2D eigenvalue weighted by atomic mass is 10.0. The van der Waals surface area contributed by atoms with E-state index in [0.717, 1.165) is 10.1 Å². The van der Waals surface area contributed by atoms with E-state index in [1.807, 2.05) is 6.07 Å². The Morgan fingerprint density at radius 1 is 1.16 bits per heavy atom. The molecule has 1 aromatic heterocycles. The quantitative estimate of drug-likeness (QED) is 0.494. The van der Waals surface area contributed by atoms with Crippen LogP contribution in [0.4, 0.5) is 14.9 Å². The van der Waals surface area contributed by atoms with Crippen LogP contribution in [0.15, 0.2) is 40.6 Å². The van der Waals surface area contributed by atoms with Crippen LogP contribution in [0.2, 0.25) is 5.02 Å². The van der Waals surface area contributed by atoms with Gasteiger partial charge in [0.1, 0.15) is 16.6 Å². The highest BCUT2D eigenvalue weighted by atomic mass is 35.5. The molecule has 2 aliphatic heterocycles. The molecule has 0 atom stereocenters. The number of halogens is 2. The molecule has 0 radical (unpaired) electrons. The minimum absolute atomic E-state index is 0.0326. The topological polar surface area (TPSA) is 66.9 Å². The van der Waals surface area contributed by atoms with Crippen LogP contribution in [-0.4, -0.2) is 37.9 Å². The summed E-state index contributed by atoms with van der Waals surface area (Å²) in [5, 5.41) is 1.41. The van der Waals surface area contributed by atoms with Gasteiger partial charge in [0.15, 0.2) is 0 Å². The second kappa shape index (κ2) is 7.98. The van der Waals surface area contributed by atoms with Gasteiger partial charge in [-0.25, -0.2) is 17.6 Å². The second-order valence-corrected chi connectivity index (χ2v) is 11.6. The molecule has 2 aliphatic rings. The van der Waals surface area contributed by atoms with Crippen molar-refractivity contribution < 1.29 is 22.3 Å². The molecule has 0 N–H and O–H groups in total. The summed E-state index contributed by atoms with van der Waals surface area (Å²) in [6.07, 6.45) is 0.435. The molecule has 32 heavy (non-hydrogen) atoms. The molecule has 168 valence electrons. The van der Waals surface area contributed by atoms with Crippen molar-refractivity contribution in [2.75, 3.05) is 18.0 Å². The van der Waals surface area contributed by atoms with Crippen LogP contribution in [0.25, 0.3) is 10.1 Å². The summed E-state index contributed by atoms with van der Waals surface area (Å²) >= 11 is 7.34. The maximum atomic E-state index is 13.6. The number of hydrogen-bond acceptors (Lipinski definition) is 5. The molecule has 1 amide bonds. The van der Waals surface area contributed by atoms with E-state index in [2.05, 4.69) is 0 Å². The summed E-state index contributed by atoms with van der Waals surface area (Å²) in [5.41, 5.74) is 1.94. The fourth-order valence-corrected chi connectivity index (χ4v) is 7.96. The maximum Gasteiger partial charge on any atom is 0.414 e. The monoisotopic (exact) mass is 494 g/mol. The Labute approximate surface area is 194 Å². The highest BCUT2D eigenvalue weighted by Crippen LogP contribution is 2.38. The predicted molar refractivity (Wildman–Crippen MR) is 122 cm³/mol. The third-order valence-electron chi connectivity index (χ3n) is 6.07. The van der Waals surface area contributed by atoms with E-state index < -0.39 is 16.1 Å². The van der Waals surface area contributed by atoms with Gasteiger partial charge < -0.3 is 4.74 Å². The fourth-order valence-electron chi connectivity index (χ4n) is 4.43. The highest BCUT2D eigenvalue weighted by molar-refractivity contribution is 7.91. The Morgan fingerprint density at radius 2 is 1.91 bits per heavy atom. The molecule has 5 rings (SSSR count). The number of piperidine rings is 1. The van der Waals surface area contributed by atoms with Gasteiger partial charge in [-0.1, -0.05) is 11.6 Å². The molecular weight excluding hydrogens is 475 g/mol. The van der Waals surface area contributed by atoms with Crippen LogP contribution in [0.5, 0.6) is 0 Å². The van der Waals surface area contributed by atoms with Crippen molar-refractivity contribution in [3.8, 4) is 0 Å². The number of cyclic esters (lactones) is 1. The number of ether oxygens (including phenoxy) is 1. The summed E-state index contributed by atoms with van der Waals surface area (Å²) < 4.78 is 48.3. The molecule has 0 spiro atoms. The molecule has 0 unspecified atom stereocenters. The number of sulfonamides is 1. The Hall–Kier alpha value is -2.20. The van der Waals surface area contributed by atoms with Crippen molar-refractivity contribution >= 4 is 54.8 Å². The van der Waals surface area contributed by atoms with Crippen LogP contribution in [0.3, 0.4) is 0 Å². The van der Waals surface area contributed by atoms with E-state index >= 15 is 0 Å². The van der Waals surface area contributed by atoms with E-state index in [-0.39, 0.29) is 31.6 Å². The van der Waals surface area contributed by atoms with Gasteiger partial charge >= 0.3 is 6.09 Å². The lowest BCUT2D eigenvalue weighted by molar-refractivity contribution is 0.135. The molecule has 1 fully saturated rings. The van der Waals surface area contributed by atoms with Crippen molar-refractivity contribution in [2.45, 2.75) is 36.6 Å². The Kier molecular flexibility index (Phi) is 5.40. The molecule has 3 aromatic rings. The summed E-state index contributed by atoms with van der Waals surface area (Å²) in [6.45, 7) is 2.39. The Balaban J connectivity index is 1.38. The third-order valence-corrected chi connectivity index (χ3v) is 10.1. The number of hydrogen-bond donors (Lipinski definition) is 0. The van der Waals surface area contributed by atoms with Gasteiger partial charge in [0.05, 0.1) is 5.69 Å². The number of thiophene rings is 1. The smallest absolute Gasteiger partial charge is 0.414 e. The summed E-state index contributed by atoms with van der Waals surface area (Å²) in [5.74, 6) is -0.387. The van der Waals surface area contributed by atoms with Crippen LogP contribution in [-0.2, 0) is 21.4 Å². The minimum atomic E-state index is -3.68. The first-order valence-electron chi connectivity index (χ1n) is 10.2. The number of anilines is 1. The SMILES string of the molecule is Cc1c(S(=O)(=O)N2CCC(N3C(=O)OCc4cc(F)ccc43)CC2)sc2ccc(Cl)cc12. The first-order valence-corrected chi connectivity index (χ1v) is 12.8. The summed E-state index contributed by atoms with van der Waals surface area (Å²) in [6, 6.07) is 9.42. The van der Waals surface area contributed by atoms with E-state index in [1.54, 1.807) is 25.1 Å². The van der Waals surface area contributed by atoms with Crippen LogP contribution in [0.1, 0.15) is 24.0 Å². The molecule has 0 bridgehead atoms. The highest BCUT2D eigenvalue weighted by Gasteiger charge is 2.38. The summed E-state index contributed by atoms with van der Waals surface area (Å²) in [4.78, 5) is 14.0. The van der Waals surface area contributed by atoms with Gasteiger partial charge in [0.25, 0.3) is 10.0 Å². The van der Waals surface area contributed by atoms with Crippen molar-refractivity contribution in [3.05, 3.63) is 58.4 Å². The molecule has 2 aromatic carbocycles. The zero-order valence-electron chi connectivity index (χ0n) is 17.2. The second-order valence-electron chi connectivity index (χ2n) is 7.99. The first kappa shape index (κ1) is 21.6. The van der Waals surface area contributed by atoms with Gasteiger partial charge in [-0.05, 0) is 67.1 Å². The summed E-state index contributed by atoms with van der Waals surface area (Å²) in [7, 11) is -3.68. The Morgan fingerprint density at radius 3 is 2.66 bits per heavy atom. The van der Waals surface area contributed by atoms with Crippen molar-refractivity contribution in [1.29, 1.82) is 0 Å². The standard InChI is InChI=1S/C22H20ClFN2O4S2/c1-13-18-11-15(23)2-5-20(18)31-21(13)32(28,29)25-8-6-17(7-9-25)26-19-4-3-16(24)10-14(19)12-30-22(26)27/h2-5,10-11,17H,6-9,12H2,1H3.